The third-order valence-electron chi connectivity index (χ3n) is 7.70. The van der Waals surface area contributed by atoms with Gasteiger partial charge in [-0.15, -0.1) is 0 Å². The summed E-state index contributed by atoms with van der Waals surface area (Å²) >= 11 is 6.33. The number of piperidine rings is 1. The molecule has 0 spiro atoms. The van der Waals surface area contributed by atoms with Crippen molar-refractivity contribution in [3.63, 3.8) is 0 Å². The molecule has 3 atom stereocenters. The molecule has 0 bridgehead atoms. The molecule has 1 aromatic heterocycles. The Bertz CT molecular complexity index is 1520. The van der Waals surface area contributed by atoms with E-state index in [4.69, 9.17) is 25.8 Å². The smallest absolute Gasteiger partial charge is 0.258 e. The Morgan fingerprint density at radius 3 is 2.71 bits per heavy atom. The fourth-order valence-corrected chi connectivity index (χ4v) is 5.32. The molecule has 1 saturated heterocycles. The molecule has 42 heavy (non-hydrogen) atoms. The molecule has 11 nitrogen and oxygen atoms in total. The molecular weight excluding hydrogens is 567 g/mol. The standard InChI is InChI=1S/C29H32ClFN6O5/c1-15-16-7-6-8-22(25(16)28(39)37(15)3)42-27-18(30)13-32-29(35-27)34-21-12-19(31)17(11-23(21)40-4)26(38)33-20-9-10-36(2)14-24(20)41-5/h6-8,11-13,15,20,24H,9-10,14H2,1-5H3,(H,33,38)(H,32,34,35)/t15-,20+,24-/m0/s1. The van der Waals surface area contributed by atoms with Gasteiger partial charge in [0.05, 0.1) is 48.3 Å². The van der Waals surface area contributed by atoms with Crippen LogP contribution in [0.25, 0.3) is 0 Å². The van der Waals surface area contributed by atoms with Gasteiger partial charge in [0.2, 0.25) is 11.8 Å². The second-order valence-corrected chi connectivity index (χ2v) is 10.7. The Kier molecular flexibility index (Phi) is 8.48. The second-order valence-electron chi connectivity index (χ2n) is 10.3. The van der Waals surface area contributed by atoms with Gasteiger partial charge >= 0.3 is 0 Å². The van der Waals surface area contributed by atoms with Crippen LogP contribution in [0.4, 0.5) is 16.0 Å². The number of carbonyl (C=O) groups is 2. The first-order valence-electron chi connectivity index (χ1n) is 13.4. The lowest BCUT2D eigenvalue weighted by atomic mass is 10.0. The van der Waals surface area contributed by atoms with Gasteiger partial charge in [0, 0.05) is 26.8 Å². The van der Waals surface area contributed by atoms with Crippen LogP contribution in [-0.4, -0.2) is 85.1 Å². The highest BCUT2D eigenvalue weighted by molar-refractivity contribution is 6.31. The van der Waals surface area contributed by atoms with E-state index in [2.05, 4.69) is 25.5 Å². The number of rotatable bonds is 8. The average molecular weight is 599 g/mol. The number of anilines is 2. The highest BCUT2D eigenvalue weighted by Crippen LogP contribution is 2.40. The molecule has 3 heterocycles. The van der Waals surface area contributed by atoms with E-state index in [1.54, 1.807) is 31.2 Å². The number of nitrogens with one attached hydrogen (secondary N) is 2. The normalized spacial score (nSPS) is 20.3. The molecule has 0 radical (unpaired) electrons. The summed E-state index contributed by atoms with van der Waals surface area (Å²) in [6.07, 6.45) is 1.79. The molecule has 2 amide bonds. The van der Waals surface area contributed by atoms with Gasteiger partial charge in [-0.3, -0.25) is 9.59 Å². The van der Waals surface area contributed by atoms with Gasteiger partial charge < -0.3 is 34.6 Å². The molecular formula is C29H32ClFN6O5. The van der Waals surface area contributed by atoms with Crippen molar-refractivity contribution in [3.8, 4) is 17.4 Å². The summed E-state index contributed by atoms with van der Waals surface area (Å²) in [7, 11) is 6.70. The number of nitrogens with zero attached hydrogens (tertiary/aromatic N) is 4. The van der Waals surface area contributed by atoms with Gasteiger partial charge in [0.25, 0.3) is 11.8 Å². The first-order valence-corrected chi connectivity index (χ1v) is 13.8. The van der Waals surface area contributed by atoms with Crippen molar-refractivity contribution in [2.45, 2.75) is 31.5 Å². The zero-order chi connectivity index (χ0) is 30.1. The first kappa shape index (κ1) is 29.5. The Balaban J connectivity index is 1.36. The van der Waals surface area contributed by atoms with Crippen molar-refractivity contribution in [2.24, 2.45) is 0 Å². The summed E-state index contributed by atoms with van der Waals surface area (Å²) in [5.41, 5.74) is 1.28. The van der Waals surface area contributed by atoms with Crippen LogP contribution >= 0.6 is 11.6 Å². The molecule has 1 fully saturated rings. The molecule has 2 aliphatic rings. The van der Waals surface area contributed by atoms with Crippen LogP contribution in [0.15, 0.2) is 36.5 Å². The fourth-order valence-electron chi connectivity index (χ4n) is 5.19. The highest BCUT2D eigenvalue weighted by Gasteiger charge is 2.34. The number of likely N-dealkylation sites (N-methyl/N-ethyl adjacent to an activating group) is 1. The lowest BCUT2D eigenvalue weighted by Crippen LogP contribution is -2.53. The quantitative estimate of drug-likeness (QED) is 0.389. The number of hydrogen-bond donors (Lipinski definition) is 2. The van der Waals surface area contributed by atoms with Crippen LogP contribution in [0, 0.1) is 5.82 Å². The van der Waals surface area contributed by atoms with Crippen LogP contribution < -0.4 is 20.1 Å². The van der Waals surface area contributed by atoms with E-state index in [0.29, 0.717) is 24.3 Å². The van der Waals surface area contributed by atoms with Crippen molar-refractivity contribution < 1.29 is 28.2 Å². The molecule has 0 saturated carbocycles. The van der Waals surface area contributed by atoms with Gasteiger partial charge in [-0.25, -0.2) is 9.37 Å². The van der Waals surface area contributed by atoms with E-state index in [1.165, 1.54) is 19.4 Å². The second kappa shape index (κ2) is 12.1. The first-order chi connectivity index (χ1) is 20.1. The monoisotopic (exact) mass is 598 g/mol. The summed E-state index contributed by atoms with van der Waals surface area (Å²) in [5, 5.41) is 5.90. The number of halogens is 2. The number of hydrogen-bond acceptors (Lipinski definition) is 9. The minimum Gasteiger partial charge on any atom is -0.495 e. The Morgan fingerprint density at radius 1 is 1.19 bits per heavy atom. The van der Waals surface area contributed by atoms with E-state index in [9.17, 15) is 9.59 Å². The molecule has 2 aliphatic heterocycles. The summed E-state index contributed by atoms with van der Waals surface area (Å²) in [4.78, 5) is 38.1. The third kappa shape index (κ3) is 5.69. The zero-order valence-corrected chi connectivity index (χ0v) is 24.7. The van der Waals surface area contributed by atoms with Crippen LogP contribution in [-0.2, 0) is 4.74 Å². The topological polar surface area (TPSA) is 118 Å². The molecule has 3 aromatic rings. The highest BCUT2D eigenvalue weighted by atomic mass is 35.5. The largest absolute Gasteiger partial charge is 0.495 e. The van der Waals surface area contributed by atoms with Crippen LogP contribution in [0.1, 0.15) is 45.7 Å². The van der Waals surface area contributed by atoms with Crippen LogP contribution in [0.5, 0.6) is 17.4 Å². The maximum Gasteiger partial charge on any atom is 0.258 e. The van der Waals surface area contributed by atoms with Gasteiger partial charge in [0.15, 0.2) is 0 Å². The van der Waals surface area contributed by atoms with Crippen LogP contribution in [0.3, 0.4) is 0 Å². The molecule has 0 aliphatic carbocycles. The molecule has 222 valence electrons. The number of ether oxygens (including phenoxy) is 3. The zero-order valence-electron chi connectivity index (χ0n) is 23.9. The van der Waals surface area contributed by atoms with E-state index >= 15 is 4.39 Å². The van der Waals surface area contributed by atoms with E-state index in [0.717, 1.165) is 18.2 Å². The van der Waals surface area contributed by atoms with Crippen molar-refractivity contribution in [2.75, 3.05) is 46.7 Å². The lowest BCUT2D eigenvalue weighted by Gasteiger charge is -2.36. The summed E-state index contributed by atoms with van der Waals surface area (Å²) in [5.74, 6) is -0.981. The SMILES string of the molecule is COc1cc(C(=O)N[C@@H]2CCN(C)C[C@@H]2OC)c(F)cc1Nc1ncc(Cl)c(Oc2cccc3c2C(=O)N(C)[C@H]3C)n1. The number of benzene rings is 2. The van der Waals surface area contributed by atoms with E-state index in [-0.39, 0.29) is 57.9 Å². The summed E-state index contributed by atoms with van der Waals surface area (Å²) in [6, 6.07) is 7.41. The van der Waals surface area contributed by atoms with Crippen molar-refractivity contribution in [1.82, 2.24) is 25.1 Å². The van der Waals surface area contributed by atoms with Crippen molar-refractivity contribution in [3.05, 3.63) is 64.1 Å². The number of amides is 2. The molecule has 0 unspecified atom stereocenters. The third-order valence-corrected chi connectivity index (χ3v) is 7.96. The Morgan fingerprint density at radius 2 is 1.98 bits per heavy atom. The van der Waals surface area contributed by atoms with Crippen molar-refractivity contribution >= 4 is 35.1 Å². The fraction of sp³-hybridized carbons (Fsp3) is 0.379. The number of aromatic nitrogens is 2. The molecule has 5 rings (SSSR count). The van der Waals surface area contributed by atoms with Crippen molar-refractivity contribution in [1.29, 1.82) is 0 Å². The Hall–Kier alpha value is -4.00. The van der Waals surface area contributed by atoms with E-state index in [1.807, 2.05) is 20.0 Å². The lowest BCUT2D eigenvalue weighted by molar-refractivity contribution is 0.0141. The molecule has 2 N–H and O–H groups in total. The van der Waals surface area contributed by atoms with Gasteiger partial charge in [-0.05, 0) is 44.6 Å². The maximum atomic E-state index is 15.3. The molecule has 13 heteroatoms. The number of methoxy groups -OCH3 is 2. The maximum absolute atomic E-state index is 15.3. The minimum absolute atomic E-state index is 0.00108. The van der Waals surface area contributed by atoms with E-state index < -0.39 is 11.7 Å². The predicted molar refractivity (Wildman–Crippen MR) is 154 cm³/mol. The van der Waals surface area contributed by atoms with Crippen LogP contribution in [0.2, 0.25) is 5.02 Å². The molecule has 2 aromatic carbocycles. The predicted octanol–water partition coefficient (Wildman–Crippen LogP) is 4.41. The number of carbonyl (C=O) groups excluding carboxylic acids is 2. The minimum atomic E-state index is -0.764. The van der Waals surface area contributed by atoms with Gasteiger partial charge in [-0.2, -0.15) is 4.98 Å². The average Bonchev–Trinajstić information content (AvgIpc) is 3.20. The number of likely N-dealkylation sites (tertiary alicyclic amines) is 1. The summed E-state index contributed by atoms with van der Waals surface area (Å²) in [6.45, 7) is 3.37. The summed E-state index contributed by atoms with van der Waals surface area (Å²) < 4.78 is 32.2. The number of fused-ring (bicyclic) bond motifs is 1. The van der Waals surface area contributed by atoms with Gasteiger partial charge in [-0.1, -0.05) is 23.7 Å². The van der Waals surface area contributed by atoms with Gasteiger partial charge in [0.1, 0.15) is 22.3 Å². The Labute approximate surface area is 247 Å².